The Kier molecular flexibility index (Phi) is 4.09. The molecule has 0 aliphatic carbocycles. The molecule has 0 fully saturated rings. The summed E-state index contributed by atoms with van der Waals surface area (Å²) in [5.41, 5.74) is 0.144. The maximum absolute atomic E-state index is 10.9. The molecule has 7 heteroatoms. The average Bonchev–Trinajstić information content (AvgIpc) is 2.25. The lowest BCUT2D eigenvalue weighted by Gasteiger charge is -2.29. The minimum atomic E-state index is 0.0721. The van der Waals surface area contributed by atoms with Crippen LogP contribution in [0.3, 0.4) is 0 Å². The number of benzene rings is 1. The van der Waals surface area contributed by atoms with Crippen LogP contribution in [0.5, 0.6) is 5.75 Å². The zero-order valence-electron chi connectivity index (χ0n) is 8.50. The quantitative estimate of drug-likeness (QED) is 0.427. The molecule has 0 aliphatic heterocycles. The van der Waals surface area contributed by atoms with Crippen molar-refractivity contribution in [2.75, 3.05) is 17.0 Å². The van der Waals surface area contributed by atoms with Gasteiger partial charge in [0.25, 0.3) is 0 Å². The molecule has 0 saturated heterocycles. The number of hydrazine groups is 2. The van der Waals surface area contributed by atoms with E-state index in [1.165, 1.54) is 24.3 Å². The number of rotatable bonds is 5. The summed E-state index contributed by atoms with van der Waals surface area (Å²) in [4.78, 5) is 0. The molecule has 0 saturated carbocycles. The number of hydrogen-bond acceptors (Lipinski definition) is 7. The number of ether oxygens (including phenoxy) is 1. The monoisotopic (exact) mass is 224 g/mol. The highest BCUT2D eigenvalue weighted by Crippen LogP contribution is 2.26. The molecule has 1 rings (SSSR count). The third-order valence-electron chi connectivity index (χ3n) is 1.75. The van der Waals surface area contributed by atoms with Gasteiger partial charge in [-0.05, 0) is 6.07 Å². The summed E-state index contributed by atoms with van der Waals surface area (Å²) in [7, 11) is 0. The topological polar surface area (TPSA) is 114 Å². The van der Waals surface area contributed by atoms with E-state index in [4.69, 9.17) is 16.4 Å². The smallest absolute Gasteiger partial charge is 0.123 e. The first kappa shape index (κ1) is 12.3. The molecule has 0 atom stereocenters. The summed E-state index contributed by atoms with van der Waals surface area (Å²) >= 11 is 0. The molecule has 4 N–H and O–H groups in total. The molecule has 1 aromatic carbocycles. The van der Waals surface area contributed by atoms with Gasteiger partial charge in [0.05, 0.1) is 0 Å². The zero-order chi connectivity index (χ0) is 12.1. The second kappa shape index (κ2) is 5.33. The minimum absolute atomic E-state index is 0.0721. The van der Waals surface area contributed by atoms with Crippen molar-refractivity contribution in [1.29, 1.82) is 0 Å². The number of nitrogens with zero attached hydrogens (tertiary/aromatic N) is 2. The minimum Gasteiger partial charge on any atom is -0.743 e. The molecule has 88 valence electrons. The van der Waals surface area contributed by atoms with E-state index in [1.54, 1.807) is 0 Å². The van der Waals surface area contributed by atoms with E-state index in [1.807, 2.05) is 0 Å². The first-order chi connectivity index (χ1) is 7.54. The Labute approximate surface area is 92.6 Å². The van der Waals surface area contributed by atoms with Crippen molar-refractivity contribution in [3.63, 3.8) is 0 Å². The van der Waals surface area contributed by atoms with Gasteiger partial charge in [-0.3, -0.25) is 11.7 Å². The molecule has 0 heterocycles. The van der Waals surface area contributed by atoms with Gasteiger partial charge in [0.15, 0.2) is 0 Å². The molecular weight excluding hydrogens is 212 g/mol. The van der Waals surface area contributed by atoms with Crippen LogP contribution in [0.1, 0.15) is 0 Å². The molecular formula is C9H12N4O3-2. The Hall–Kier alpha value is -1.80. The molecule has 0 unspecified atom stereocenters. The van der Waals surface area contributed by atoms with Crippen molar-refractivity contribution >= 4 is 11.4 Å². The van der Waals surface area contributed by atoms with Gasteiger partial charge in [-0.15, -0.1) is 0 Å². The lowest BCUT2D eigenvalue weighted by Crippen LogP contribution is -2.25. The maximum atomic E-state index is 10.9. The molecule has 1 aromatic rings. The number of anilines is 2. The van der Waals surface area contributed by atoms with Crippen LogP contribution in [0, 0.1) is 10.4 Å². The highest BCUT2D eigenvalue weighted by molar-refractivity contribution is 5.63. The fourth-order valence-electron chi connectivity index (χ4n) is 1.06. The van der Waals surface area contributed by atoms with Crippen molar-refractivity contribution in [2.45, 2.75) is 0 Å². The van der Waals surface area contributed by atoms with Crippen LogP contribution in [-0.4, -0.2) is 6.61 Å². The molecule has 0 radical (unpaired) electrons. The van der Waals surface area contributed by atoms with Crippen molar-refractivity contribution in [3.05, 3.63) is 41.3 Å². The van der Waals surface area contributed by atoms with Crippen LogP contribution < -0.4 is 26.8 Å². The summed E-state index contributed by atoms with van der Waals surface area (Å²) in [6.07, 6.45) is 1.53. The molecule has 0 bridgehead atoms. The van der Waals surface area contributed by atoms with E-state index in [0.29, 0.717) is 5.75 Å². The first-order valence-electron chi connectivity index (χ1n) is 4.37. The third kappa shape index (κ3) is 3.11. The third-order valence-corrected chi connectivity index (χ3v) is 1.75. The van der Waals surface area contributed by atoms with E-state index in [2.05, 4.69) is 6.58 Å². The first-order valence-corrected chi connectivity index (χ1v) is 4.37. The second-order valence-electron chi connectivity index (χ2n) is 2.94. The van der Waals surface area contributed by atoms with Crippen LogP contribution in [0.15, 0.2) is 30.9 Å². The molecule has 0 amide bonds. The summed E-state index contributed by atoms with van der Waals surface area (Å²) in [5, 5.41) is 22.0. The van der Waals surface area contributed by atoms with Crippen molar-refractivity contribution in [2.24, 2.45) is 11.7 Å². The van der Waals surface area contributed by atoms with Gasteiger partial charge in [-0.25, -0.2) is 0 Å². The Morgan fingerprint density at radius 1 is 1.19 bits per heavy atom. The van der Waals surface area contributed by atoms with Crippen LogP contribution in [0.2, 0.25) is 0 Å². The van der Waals surface area contributed by atoms with Crippen LogP contribution in [0.4, 0.5) is 11.4 Å². The number of nitrogens with two attached hydrogens (primary N) is 2. The predicted molar refractivity (Wildman–Crippen MR) is 62.2 cm³/mol. The van der Waals surface area contributed by atoms with Crippen LogP contribution in [0.25, 0.3) is 0 Å². The van der Waals surface area contributed by atoms with E-state index >= 15 is 0 Å². The summed E-state index contributed by atoms with van der Waals surface area (Å²) in [5.74, 6) is 10.4. The predicted octanol–water partition coefficient (Wildman–Crippen LogP) is 0.607. The van der Waals surface area contributed by atoms with Gasteiger partial charge in [0.2, 0.25) is 0 Å². The van der Waals surface area contributed by atoms with Crippen LogP contribution in [-0.2, 0) is 0 Å². The summed E-state index contributed by atoms with van der Waals surface area (Å²) < 4.78 is 5.18. The SMILES string of the molecule is C=CCOc1cc(N(N)[O-])cc(N(N)[O-])c1. The molecule has 0 spiro atoms. The second-order valence-corrected chi connectivity index (χ2v) is 2.94. The van der Waals surface area contributed by atoms with Gasteiger partial charge in [-0.1, -0.05) is 12.7 Å². The van der Waals surface area contributed by atoms with Crippen molar-refractivity contribution < 1.29 is 4.74 Å². The van der Waals surface area contributed by atoms with Crippen molar-refractivity contribution in [3.8, 4) is 5.75 Å². The highest BCUT2D eigenvalue weighted by atomic mass is 16.5. The molecule has 0 aromatic heterocycles. The Balaban J connectivity index is 3.03. The average molecular weight is 224 g/mol. The fraction of sp³-hybridized carbons (Fsp3) is 0.111. The van der Waals surface area contributed by atoms with Crippen molar-refractivity contribution in [1.82, 2.24) is 0 Å². The molecule has 0 aliphatic rings. The van der Waals surface area contributed by atoms with Crippen LogP contribution >= 0.6 is 0 Å². The highest BCUT2D eigenvalue weighted by Gasteiger charge is 2.02. The zero-order valence-corrected chi connectivity index (χ0v) is 8.50. The fourth-order valence-corrected chi connectivity index (χ4v) is 1.06. The summed E-state index contributed by atoms with van der Waals surface area (Å²) in [6.45, 7) is 3.72. The van der Waals surface area contributed by atoms with E-state index in [-0.39, 0.29) is 28.3 Å². The van der Waals surface area contributed by atoms with E-state index < -0.39 is 0 Å². The number of hydrogen-bond donors (Lipinski definition) is 2. The van der Waals surface area contributed by atoms with Gasteiger partial charge in [-0.2, -0.15) is 0 Å². The summed E-state index contributed by atoms with van der Waals surface area (Å²) in [6, 6.07) is 4.04. The lowest BCUT2D eigenvalue weighted by molar-refractivity contribution is 0.363. The Morgan fingerprint density at radius 2 is 1.69 bits per heavy atom. The standard InChI is InChI=1S/C9H12N4O3/c1-2-3-16-9-5-7(12(10)14)4-8(6-9)13(11)15/h2,4-6H,1,3,10-11H2/q-2. The normalized spacial score (nSPS) is 9.75. The Bertz CT molecular complexity index is 342. The largest absolute Gasteiger partial charge is 0.743 e. The maximum Gasteiger partial charge on any atom is 0.123 e. The van der Waals surface area contributed by atoms with Gasteiger partial charge in [0, 0.05) is 23.5 Å². The lowest BCUT2D eigenvalue weighted by atomic mass is 10.2. The van der Waals surface area contributed by atoms with E-state index in [0.717, 1.165) is 0 Å². The van der Waals surface area contributed by atoms with Gasteiger partial charge in [0.1, 0.15) is 12.4 Å². The van der Waals surface area contributed by atoms with Gasteiger partial charge >= 0.3 is 0 Å². The molecule has 7 nitrogen and oxygen atoms in total. The van der Waals surface area contributed by atoms with Gasteiger partial charge < -0.3 is 25.5 Å². The van der Waals surface area contributed by atoms with E-state index in [9.17, 15) is 10.4 Å². The molecule has 16 heavy (non-hydrogen) atoms. The Morgan fingerprint density at radius 3 is 2.06 bits per heavy atom.